The van der Waals surface area contributed by atoms with Crippen LogP contribution in [0.3, 0.4) is 0 Å². The van der Waals surface area contributed by atoms with E-state index < -0.39 is 29.2 Å². The van der Waals surface area contributed by atoms with Crippen LogP contribution in [-0.4, -0.2) is 54.5 Å². The molecule has 1 atom stereocenters. The van der Waals surface area contributed by atoms with Crippen molar-refractivity contribution in [3.63, 3.8) is 0 Å². The summed E-state index contributed by atoms with van der Waals surface area (Å²) in [5.41, 5.74) is 3.55. The van der Waals surface area contributed by atoms with Crippen molar-refractivity contribution in [1.82, 2.24) is 15.5 Å². The highest BCUT2D eigenvalue weighted by Crippen LogP contribution is 2.33. The van der Waals surface area contributed by atoms with Crippen molar-refractivity contribution >= 4 is 29.1 Å². The third-order valence-electron chi connectivity index (χ3n) is 8.45. The van der Waals surface area contributed by atoms with Crippen LogP contribution in [0.5, 0.6) is 5.75 Å². The minimum Gasteiger partial charge on any atom is -0.488 e. The smallest absolute Gasteiger partial charge is 0.247 e. The molecule has 3 fully saturated rings. The first-order valence-electron chi connectivity index (χ1n) is 15.5. The molecular weight excluding hydrogens is 605 g/mol. The molecule has 0 spiro atoms. The van der Waals surface area contributed by atoms with Gasteiger partial charge >= 0.3 is 0 Å². The van der Waals surface area contributed by atoms with Crippen LogP contribution in [0.4, 0.5) is 18.9 Å². The molecule has 7 nitrogen and oxygen atoms in total. The van der Waals surface area contributed by atoms with E-state index in [2.05, 4.69) is 16.7 Å². The number of hydrogen-bond acceptors (Lipinski definition) is 5. The van der Waals surface area contributed by atoms with Crippen molar-refractivity contribution in [3.05, 3.63) is 93.8 Å². The van der Waals surface area contributed by atoms with E-state index in [1.807, 2.05) is 29.2 Å². The van der Waals surface area contributed by atoms with E-state index in [0.717, 1.165) is 42.1 Å². The normalized spacial score (nSPS) is 18.3. The summed E-state index contributed by atoms with van der Waals surface area (Å²) >= 11 is 6.60. The maximum absolute atomic E-state index is 14.1. The van der Waals surface area contributed by atoms with Crippen molar-refractivity contribution in [3.8, 4) is 5.75 Å². The number of rotatable bonds is 13. The quantitative estimate of drug-likeness (QED) is 0.190. The Kier molecular flexibility index (Phi) is 9.63. The van der Waals surface area contributed by atoms with Crippen LogP contribution in [0.15, 0.2) is 54.6 Å². The number of ether oxygens (including phenoxy) is 1. The molecule has 0 bridgehead atoms. The van der Waals surface area contributed by atoms with Gasteiger partial charge in [-0.2, -0.15) is 4.39 Å². The summed E-state index contributed by atoms with van der Waals surface area (Å²) in [4.78, 5) is 30.7. The average Bonchev–Trinajstić information content (AvgIpc) is 3.97. The fraction of sp³-hybridized carbons (Fsp3) is 0.412. The standard InChI is InChI=1S/C34H36ClF3N4O3/c35-27-12-5-22(17-40-24-6-7-24)16-23(27)20-41(25-10-11-25)34(44)30-18-39-19-31(43)42(30)26-8-3-21(4-9-26)2-1-15-45-33-29(37)14-13-28(36)32(33)38/h3-5,8-9,12-14,16,24-25,30,39-40H,1-2,6-7,10-11,15,17-20H2/t30-/m1/s1. The Morgan fingerprint density at radius 3 is 2.47 bits per heavy atom. The molecule has 6 rings (SSSR count). The third-order valence-corrected chi connectivity index (χ3v) is 8.81. The van der Waals surface area contributed by atoms with E-state index in [1.54, 1.807) is 17.0 Å². The molecule has 1 aliphatic heterocycles. The Hall–Kier alpha value is -3.60. The van der Waals surface area contributed by atoms with Gasteiger partial charge in [0.1, 0.15) is 6.04 Å². The van der Waals surface area contributed by atoms with Crippen LogP contribution < -0.4 is 20.3 Å². The maximum Gasteiger partial charge on any atom is 0.247 e. The van der Waals surface area contributed by atoms with Gasteiger partial charge in [0.25, 0.3) is 0 Å². The summed E-state index contributed by atoms with van der Waals surface area (Å²) in [6.07, 6.45) is 5.20. The van der Waals surface area contributed by atoms with Crippen molar-refractivity contribution in [2.75, 3.05) is 24.6 Å². The Bertz CT molecular complexity index is 1550. The Labute approximate surface area is 265 Å². The molecule has 3 aliphatic rings. The van der Waals surface area contributed by atoms with Gasteiger partial charge in [0.2, 0.25) is 17.6 Å². The minimum absolute atomic E-state index is 0.00709. The predicted molar refractivity (Wildman–Crippen MR) is 166 cm³/mol. The van der Waals surface area contributed by atoms with Crippen LogP contribution in [-0.2, 0) is 29.1 Å². The molecule has 3 aromatic carbocycles. The van der Waals surface area contributed by atoms with E-state index in [0.29, 0.717) is 48.7 Å². The van der Waals surface area contributed by atoms with E-state index >= 15 is 0 Å². The summed E-state index contributed by atoms with van der Waals surface area (Å²) in [7, 11) is 0. The lowest BCUT2D eigenvalue weighted by Gasteiger charge is -2.38. The lowest BCUT2D eigenvalue weighted by Crippen LogP contribution is -2.61. The van der Waals surface area contributed by atoms with E-state index in [4.69, 9.17) is 16.3 Å². The van der Waals surface area contributed by atoms with Crippen molar-refractivity contribution < 1.29 is 27.5 Å². The zero-order chi connectivity index (χ0) is 31.5. The number of hydrogen-bond donors (Lipinski definition) is 2. The molecule has 0 aromatic heterocycles. The van der Waals surface area contributed by atoms with Gasteiger partial charge in [-0.1, -0.05) is 35.9 Å². The number of anilines is 1. The summed E-state index contributed by atoms with van der Waals surface area (Å²) in [5.74, 6) is -4.51. The van der Waals surface area contributed by atoms with Gasteiger partial charge in [0.05, 0.1) is 13.2 Å². The number of carbonyl (C=O) groups excluding carboxylic acids is 2. The Morgan fingerprint density at radius 2 is 1.73 bits per heavy atom. The molecule has 45 heavy (non-hydrogen) atoms. The summed E-state index contributed by atoms with van der Waals surface area (Å²) in [6.45, 7) is 1.59. The molecule has 11 heteroatoms. The number of piperazine rings is 1. The fourth-order valence-electron chi connectivity index (χ4n) is 5.66. The zero-order valence-electron chi connectivity index (χ0n) is 24.8. The second-order valence-electron chi connectivity index (χ2n) is 12.0. The first-order valence-corrected chi connectivity index (χ1v) is 15.9. The minimum atomic E-state index is -1.35. The van der Waals surface area contributed by atoms with Gasteiger partial charge in [0, 0.05) is 42.4 Å². The van der Waals surface area contributed by atoms with Crippen LogP contribution in [0.25, 0.3) is 0 Å². The zero-order valence-corrected chi connectivity index (χ0v) is 25.6. The molecule has 2 amide bonds. The second-order valence-corrected chi connectivity index (χ2v) is 12.4. The predicted octanol–water partition coefficient (Wildman–Crippen LogP) is 5.52. The second kappa shape index (κ2) is 13.8. The van der Waals surface area contributed by atoms with E-state index in [1.165, 1.54) is 12.8 Å². The van der Waals surface area contributed by atoms with Gasteiger partial charge in [0.15, 0.2) is 17.4 Å². The number of benzene rings is 3. The van der Waals surface area contributed by atoms with Gasteiger partial charge in [-0.25, -0.2) is 8.78 Å². The SMILES string of the molecule is O=C([C@H]1CNCC(=O)N1c1ccc(CCCOc2c(F)ccc(F)c2F)cc1)N(Cc1cc(CNC2CC2)ccc1Cl)C1CC1. The molecule has 2 saturated carbocycles. The topological polar surface area (TPSA) is 73.9 Å². The Balaban J connectivity index is 1.11. The van der Waals surface area contributed by atoms with Gasteiger partial charge in [-0.3, -0.25) is 14.5 Å². The lowest BCUT2D eigenvalue weighted by atomic mass is 10.1. The molecule has 2 aliphatic carbocycles. The maximum atomic E-state index is 14.1. The molecule has 1 heterocycles. The number of nitrogens with zero attached hydrogens (tertiary/aromatic N) is 2. The number of halogens is 4. The van der Waals surface area contributed by atoms with Crippen LogP contribution >= 0.6 is 11.6 Å². The highest BCUT2D eigenvalue weighted by Gasteiger charge is 2.41. The highest BCUT2D eigenvalue weighted by molar-refractivity contribution is 6.31. The van der Waals surface area contributed by atoms with E-state index in [-0.39, 0.29) is 31.0 Å². The van der Waals surface area contributed by atoms with Gasteiger partial charge in [-0.15, -0.1) is 0 Å². The molecule has 2 N–H and O–H groups in total. The molecule has 0 radical (unpaired) electrons. The monoisotopic (exact) mass is 640 g/mol. The third kappa shape index (κ3) is 7.62. The van der Waals surface area contributed by atoms with E-state index in [9.17, 15) is 22.8 Å². The fourth-order valence-corrected chi connectivity index (χ4v) is 5.84. The van der Waals surface area contributed by atoms with Gasteiger partial charge < -0.3 is 20.3 Å². The van der Waals surface area contributed by atoms with Crippen LogP contribution in [0.1, 0.15) is 48.8 Å². The summed E-state index contributed by atoms with van der Waals surface area (Å²) in [6, 6.07) is 14.8. The Morgan fingerprint density at radius 1 is 1.00 bits per heavy atom. The molecule has 238 valence electrons. The van der Waals surface area contributed by atoms with Crippen LogP contribution in [0, 0.1) is 17.5 Å². The summed E-state index contributed by atoms with van der Waals surface area (Å²) < 4.78 is 46.2. The highest BCUT2D eigenvalue weighted by atomic mass is 35.5. The van der Waals surface area contributed by atoms with Crippen molar-refractivity contribution in [1.29, 1.82) is 0 Å². The average molecular weight is 641 g/mol. The first-order chi connectivity index (χ1) is 21.8. The van der Waals surface area contributed by atoms with Gasteiger partial charge in [-0.05, 0) is 85.5 Å². The molecular formula is C34H36ClF3N4O3. The number of nitrogens with one attached hydrogen (secondary N) is 2. The van der Waals surface area contributed by atoms with Crippen molar-refractivity contribution in [2.24, 2.45) is 0 Å². The molecule has 3 aromatic rings. The number of carbonyl (C=O) groups is 2. The number of amides is 2. The lowest BCUT2D eigenvalue weighted by molar-refractivity contribution is -0.136. The molecule has 1 saturated heterocycles. The largest absolute Gasteiger partial charge is 0.488 e. The summed E-state index contributed by atoms with van der Waals surface area (Å²) in [5, 5.41) is 7.24. The first kappa shape index (κ1) is 31.4. The number of aryl methyl sites for hydroxylation is 1. The van der Waals surface area contributed by atoms with Crippen molar-refractivity contribution in [2.45, 2.75) is 69.7 Å². The molecule has 0 unspecified atom stereocenters. The van der Waals surface area contributed by atoms with Crippen LogP contribution in [0.2, 0.25) is 5.02 Å².